The molecule has 0 spiro atoms. The van der Waals surface area contributed by atoms with Crippen molar-refractivity contribution in [1.82, 2.24) is 4.72 Å². The minimum atomic E-state index is -3.76. The minimum Gasteiger partial charge on any atom is -0.387 e. The van der Waals surface area contributed by atoms with Gasteiger partial charge < -0.3 is 5.11 Å². The Bertz CT molecular complexity index is 683. The van der Waals surface area contributed by atoms with Gasteiger partial charge in [0, 0.05) is 0 Å². The highest BCUT2D eigenvalue weighted by molar-refractivity contribution is 7.89. The normalized spacial score (nSPS) is 17.3. The Kier molecular flexibility index (Phi) is 12.5. The van der Waals surface area contributed by atoms with Crippen molar-refractivity contribution in [3.63, 3.8) is 0 Å². The number of unbranched alkanes of at least 4 members (excludes halogenated alkanes) is 5. The zero-order chi connectivity index (χ0) is 22.6. The largest absolute Gasteiger partial charge is 0.387 e. The molecule has 1 aromatic carbocycles. The molecule has 30 heavy (non-hydrogen) atoms. The minimum absolute atomic E-state index is 0.0490. The maximum Gasteiger partial charge on any atom is 0.240 e. The van der Waals surface area contributed by atoms with Crippen molar-refractivity contribution in [3.8, 4) is 0 Å². The lowest BCUT2D eigenvalue weighted by Crippen LogP contribution is -2.60. The van der Waals surface area contributed by atoms with Crippen molar-refractivity contribution in [2.75, 3.05) is 0 Å². The molecule has 0 amide bonds. The molecule has 2 N–H and O–H groups in total. The molecular formula is C24H42ClNO3S. The molecule has 0 bridgehead atoms. The van der Waals surface area contributed by atoms with Crippen LogP contribution in [0.5, 0.6) is 0 Å². The van der Waals surface area contributed by atoms with Crippen LogP contribution in [0, 0.1) is 5.92 Å². The van der Waals surface area contributed by atoms with Crippen LogP contribution in [-0.2, 0) is 10.0 Å². The fourth-order valence-corrected chi connectivity index (χ4v) is 5.77. The zero-order valence-electron chi connectivity index (χ0n) is 19.2. The smallest absolute Gasteiger partial charge is 0.240 e. The highest BCUT2D eigenvalue weighted by atomic mass is 35.5. The standard InChI is InChI=1S/C24H42ClNO3S/c1-5-8-10-15-19-24(27,22(25)18-12-9-6-2)23(20(4)7-3)26-30(28,29)21-16-13-11-14-17-21/h11,13-14,16-17,20,22-23,26-27H,5-10,12,15,18-19H2,1-4H3/t20-,22?,23-,24?/m0/s1. The Hall–Kier alpha value is -0.620. The summed E-state index contributed by atoms with van der Waals surface area (Å²) in [6, 6.07) is 7.72. The summed E-state index contributed by atoms with van der Waals surface area (Å²) in [5.74, 6) is -0.0490. The van der Waals surface area contributed by atoms with Crippen LogP contribution in [-0.4, -0.2) is 30.5 Å². The van der Waals surface area contributed by atoms with Gasteiger partial charge in [-0.2, -0.15) is 0 Å². The average molecular weight is 460 g/mol. The Balaban J connectivity index is 3.20. The molecule has 4 atom stereocenters. The van der Waals surface area contributed by atoms with Crippen LogP contribution in [0.3, 0.4) is 0 Å². The van der Waals surface area contributed by atoms with Crippen molar-refractivity contribution >= 4 is 21.6 Å². The number of hydrogen-bond acceptors (Lipinski definition) is 3. The number of hydrogen-bond donors (Lipinski definition) is 2. The molecular weight excluding hydrogens is 418 g/mol. The van der Waals surface area contributed by atoms with Crippen molar-refractivity contribution in [1.29, 1.82) is 0 Å². The molecule has 0 aromatic heterocycles. The molecule has 0 radical (unpaired) electrons. The lowest BCUT2D eigenvalue weighted by Gasteiger charge is -2.43. The van der Waals surface area contributed by atoms with E-state index in [0.717, 1.165) is 51.4 Å². The van der Waals surface area contributed by atoms with Crippen LogP contribution in [0.25, 0.3) is 0 Å². The predicted molar refractivity (Wildman–Crippen MR) is 127 cm³/mol. The van der Waals surface area contributed by atoms with Crippen LogP contribution in [0.4, 0.5) is 0 Å². The molecule has 1 aromatic rings. The number of nitrogens with one attached hydrogen (secondary N) is 1. The van der Waals surface area contributed by atoms with Gasteiger partial charge in [-0.15, -0.1) is 11.6 Å². The molecule has 0 heterocycles. The number of benzene rings is 1. The molecule has 174 valence electrons. The number of rotatable bonds is 16. The summed E-state index contributed by atoms with van der Waals surface area (Å²) in [5, 5.41) is 11.4. The van der Waals surface area contributed by atoms with E-state index in [2.05, 4.69) is 18.6 Å². The maximum atomic E-state index is 13.1. The molecule has 6 heteroatoms. The van der Waals surface area contributed by atoms with Crippen molar-refractivity contribution in [3.05, 3.63) is 30.3 Å². The lowest BCUT2D eigenvalue weighted by atomic mass is 9.77. The zero-order valence-corrected chi connectivity index (χ0v) is 20.8. The maximum absolute atomic E-state index is 13.1. The van der Waals surface area contributed by atoms with Gasteiger partial charge in [0.15, 0.2) is 0 Å². The van der Waals surface area contributed by atoms with E-state index >= 15 is 0 Å². The summed E-state index contributed by atoms with van der Waals surface area (Å²) in [4.78, 5) is 0.212. The van der Waals surface area contributed by atoms with Crippen LogP contribution in [0.1, 0.15) is 91.9 Å². The van der Waals surface area contributed by atoms with Gasteiger partial charge in [0.1, 0.15) is 0 Å². The van der Waals surface area contributed by atoms with Gasteiger partial charge in [-0.05, 0) is 30.9 Å². The predicted octanol–water partition coefficient (Wildman–Crippen LogP) is 6.27. The van der Waals surface area contributed by atoms with Gasteiger partial charge in [0.05, 0.1) is 21.9 Å². The molecule has 0 fully saturated rings. The summed E-state index contributed by atoms with van der Waals surface area (Å²) >= 11 is 6.82. The van der Waals surface area contributed by atoms with Crippen molar-refractivity contribution in [2.45, 2.75) is 114 Å². The SMILES string of the molecule is CCCCCCC(O)(C(Cl)CCCCC)[C@@H](NS(=O)(=O)c1ccccc1)[C@@H](C)CC. The van der Waals surface area contributed by atoms with E-state index in [9.17, 15) is 13.5 Å². The monoisotopic (exact) mass is 459 g/mol. The topological polar surface area (TPSA) is 66.4 Å². The highest BCUT2D eigenvalue weighted by Crippen LogP contribution is 2.35. The third kappa shape index (κ3) is 8.14. The molecule has 2 unspecified atom stereocenters. The quantitative estimate of drug-likeness (QED) is 0.226. The second kappa shape index (κ2) is 13.7. The van der Waals surface area contributed by atoms with E-state index in [4.69, 9.17) is 11.6 Å². The number of sulfonamides is 1. The first-order valence-electron chi connectivity index (χ1n) is 11.7. The molecule has 0 saturated carbocycles. The first kappa shape index (κ1) is 27.4. The van der Waals surface area contributed by atoms with Gasteiger partial charge in [0.25, 0.3) is 0 Å². The molecule has 0 aliphatic rings. The Morgan fingerprint density at radius 2 is 1.60 bits per heavy atom. The van der Waals surface area contributed by atoms with E-state index in [-0.39, 0.29) is 10.8 Å². The highest BCUT2D eigenvalue weighted by Gasteiger charge is 2.46. The second-order valence-electron chi connectivity index (χ2n) is 8.56. The van der Waals surface area contributed by atoms with E-state index in [1.807, 2.05) is 13.8 Å². The van der Waals surface area contributed by atoms with Crippen molar-refractivity contribution < 1.29 is 13.5 Å². The van der Waals surface area contributed by atoms with Crippen LogP contribution < -0.4 is 4.72 Å². The summed E-state index contributed by atoms with van der Waals surface area (Å²) in [6.45, 7) is 8.30. The summed E-state index contributed by atoms with van der Waals surface area (Å²) < 4.78 is 29.1. The summed E-state index contributed by atoms with van der Waals surface area (Å²) in [5.41, 5.74) is -1.29. The first-order valence-corrected chi connectivity index (χ1v) is 13.6. The van der Waals surface area contributed by atoms with E-state index in [0.29, 0.717) is 12.8 Å². The number of halogens is 1. The number of aliphatic hydroxyl groups is 1. The van der Waals surface area contributed by atoms with Crippen LogP contribution in [0.15, 0.2) is 35.2 Å². The van der Waals surface area contributed by atoms with Crippen LogP contribution >= 0.6 is 11.6 Å². The molecule has 1 rings (SSSR count). The fourth-order valence-electron chi connectivity index (χ4n) is 3.95. The molecule has 0 aliphatic heterocycles. The second-order valence-corrected chi connectivity index (χ2v) is 10.8. The van der Waals surface area contributed by atoms with Gasteiger partial charge in [0.2, 0.25) is 10.0 Å². The van der Waals surface area contributed by atoms with E-state index < -0.39 is 27.0 Å². The van der Waals surface area contributed by atoms with E-state index in [1.54, 1.807) is 30.3 Å². The third-order valence-electron chi connectivity index (χ3n) is 6.12. The molecule has 0 aliphatic carbocycles. The summed E-state index contributed by atoms with van der Waals surface area (Å²) in [6.07, 6.45) is 9.04. The first-order chi connectivity index (χ1) is 14.2. The lowest BCUT2D eigenvalue weighted by molar-refractivity contribution is -0.0244. The average Bonchev–Trinajstić information content (AvgIpc) is 2.75. The molecule has 4 nitrogen and oxygen atoms in total. The van der Waals surface area contributed by atoms with Gasteiger partial charge in [-0.3, -0.25) is 0 Å². The summed E-state index contributed by atoms with van der Waals surface area (Å²) in [7, 11) is -3.76. The Morgan fingerprint density at radius 1 is 1.00 bits per heavy atom. The van der Waals surface area contributed by atoms with Gasteiger partial charge in [-0.1, -0.05) is 97.3 Å². The van der Waals surface area contributed by atoms with Gasteiger partial charge >= 0.3 is 0 Å². The van der Waals surface area contributed by atoms with E-state index in [1.165, 1.54) is 0 Å². The van der Waals surface area contributed by atoms with Crippen LogP contribution in [0.2, 0.25) is 0 Å². The fraction of sp³-hybridized carbons (Fsp3) is 0.750. The Morgan fingerprint density at radius 3 is 2.17 bits per heavy atom. The third-order valence-corrected chi connectivity index (χ3v) is 8.17. The van der Waals surface area contributed by atoms with Gasteiger partial charge in [-0.25, -0.2) is 13.1 Å². The van der Waals surface area contributed by atoms with Crippen molar-refractivity contribution in [2.24, 2.45) is 5.92 Å². The number of alkyl halides is 1. The Labute approximate surface area is 189 Å². The molecule has 0 saturated heterocycles.